The highest BCUT2D eigenvalue weighted by Crippen LogP contribution is 2.19. The quantitative estimate of drug-likeness (QED) is 0.759. The van der Waals surface area contributed by atoms with Crippen molar-refractivity contribution in [2.75, 3.05) is 19.6 Å². The number of rotatable bonds is 6. The van der Waals surface area contributed by atoms with Gasteiger partial charge in [0.2, 0.25) is 11.8 Å². The minimum atomic E-state index is -0.402. The van der Waals surface area contributed by atoms with E-state index in [2.05, 4.69) is 10.6 Å². The fraction of sp³-hybridized carbons (Fsp3) is 0.471. The summed E-state index contributed by atoms with van der Waals surface area (Å²) in [4.78, 5) is 37.4. The molecule has 0 spiro atoms. The molecule has 0 saturated carbocycles. The Balaban J connectivity index is 1.71. The summed E-state index contributed by atoms with van der Waals surface area (Å²) in [7, 11) is 0. The van der Waals surface area contributed by atoms with Crippen molar-refractivity contribution in [3.8, 4) is 0 Å². The highest BCUT2D eigenvalue weighted by atomic mass is 19.1. The van der Waals surface area contributed by atoms with Crippen LogP contribution in [0.4, 0.5) is 4.39 Å². The molecule has 1 aliphatic heterocycles. The predicted molar refractivity (Wildman–Crippen MR) is 86.7 cm³/mol. The molecular weight excluding hydrogens is 313 g/mol. The molecule has 2 N–H and O–H groups in total. The molecule has 1 heterocycles. The fourth-order valence-electron chi connectivity index (χ4n) is 2.62. The monoisotopic (exact) mass is 335 g/mol. The second-order valence-electron chi connectivity index (χ2n) is 6.09. The molecular formula is C17H22FN3O3. The Hall–Kier alpha value is -2.44. The van der Waals surface area contributed by atoms with Gasteiger partial charge in [0, 0.05) is 37.7 Å². The van der Waals surface area contributed by atoms with Gasteiger partial charge in [0.15, 0.2) is 0 Å². The molecule has 6 nitrogen and oxygen atoms in total. The van der Waals surface area contributed by atoms with Crippen LogP contribution in [0.5, 0.6) is 0 Å². The standard InChI is InChI=1S/C17H22FN3O3/c1-11(2)21-10-13(9-15(21)22)17(24)20-8-7-19-16(23)12-3-5-14(18)6-4-12/h3-6,11,13H,7-10H2,1-2H3,(H,19,23)(H,20,24). The molecule has 0 aliphatic carbocycles. The number of benzene rings is 1. The van der Waals surface area contributed by atoms with Crippen molar-refractivity contribution in [1.82, 2.24) is 15.5 Å². The first kappa shape index (κ1) is 17.9. The van der Waals surface area contributed by atoms with Gasteiger partial charge in [0.25, 0.3) is 5.91 Å². The molecule has 1 aromatic carbocycles. The first-order valence-corrected chi connectivity index (χ1v) is 7.99. The Morgan fingerprint density at radius 1 is 1.21 bits per heavy atom. The van der Waals surface area contributed by atoms with Crippen LogP contribution in [0, 0.1) is 11.7 Å². The first-order valence-electron chi connectivity index (χ1n) is 7.99. The number of nitrogens with one attached hydrogen (secondary N) is 2. The molecule has 1 unspecified atom stereocenters. The summed E-state index contributed by atoms with van der Waals surface area (Å²) in [6, 6.07) is 5.31. The van der Waals surface area contributed by atoms with Crippen molar-refractivity contribution in [1.29, 1.82) is 0 Å². The van der Waals surface area contributed by atoms with Crippen LogP contribution in [-0.2, 0) is 9.59 Å². The molecule has 0 bridgehead atoms. The first-order chi connectivity index (χ1) is 11.4. The Morgan fingerprint density at radius 2 is 1.83 bits per heavy atom. The van der Waals surface area contributed by atoms with E-state index in [1.54, 1.807) is 4.90 Å². The number of carbonyl (C=O) groups is 3. The summed E-state index contributed by atoms with van der Waals surface area (Å²) in [6.07, 6.45) is 0.228. The average Bonchev–Trinajstić information content (AvgIpc) is 2.94. The van der Waals surface area contributed by atoms with Crippen LogP contribution in [0.3, 0.4) is 0 Å². The Bertz CT molecular complexity index is 616. The molecule has 2 rings (SSSR count). The summed E-state index contributed by atoms with van der Waals surface area (Å²) in [5.41, 5.74) is 0.358. The lowest BCUT2D eigenvalue weighted by molar-refractivity contribution is -0.129. The van der Waals surface area contributed by atoms with Crippen molar-refractivity contribution in [2.24, 2.45) is 5.92 Å². The number of nitrogens with zero attached hydrogens (tertiary/aromatic N) is 1. The Kier molecular flexibility index (Phi) is 5.89. The van der Waals surface area contributed by atoms with Gasteiger partial charge in [0.05, 0.1) is 5.92 Å². The van der Waals surface area contributed by atoms with Crippen molar-refractivity contribution < 1.29 is 18.8 Å². The summed E-state index contributed by atoms with van der Waals surface area (Å²) in [6.45, 7) is 4.81. The molecule has 1 atom stereocenters. The zero-order valence-electron chi connectivity index (χ0n) is 13.8. The van der Waals surface area contributed by atoms with E-state index in [1.807, 2.05) is 13.8 Å². The van der Waals surface area contributed by atoms with E-state index in [0.717, 1.165) is 0 Å². The van der Waals surface area contributed by atoms with Gasteiger partial charge in [-0.2, -0.15) is 0 Å². The van der Waals surface area contributed by atoms with Gasteiger partial charge in [0.1, 0.15) is 5.82 Å². The van der Waals surface area contributed by atoms with E-state index in [-0.39, 0.29) is 49.2 Å². The van der Waals surface area contributed by atoms with Gasteiger partial charge >= 0.3 is 0 Å². The highest BCUT2D eigenvalue weighted by molar-refractivity contribution is 5.94. The van der Waals surface area contributed by atoms with Gasteiger partial charge in [-0.1, -0.05) is 0 Å². The summed E-state index contributed by atoms with van der Waals surface area (Å²) >= 11 is 0. The van der Waals surface area contributed by atoms with Crippen LogP contribution in [0.2, 0.25) is 0 Å². The predicted octanol–water partition coefficient (Wildman–Crippen LogP) is 0.929. The van der Waals surface area contributed by atoms with Crippen LogP contribution < -0.4 is 10.6 Å². The van der Waals surface area contributed by atoms with E-state index >= 15 is 0 Å². The largest absolute Gasteiger partial charge is 0.354 e. The van der Waals surface area contributed by atoms with Crippen molar-refractivity contribution in [3.05, 3.63) is 35.6 Å². The van der Waals surface area contributed by atoms with Gasteiger partial charge in [-0.15, -0.1) is 0 Å². The minimum absolute atomic E-state index is 0.00485. The highest BCUT2D eigenvalue weighted by Gasteiger charge is 2.35. The van der Waals surface area contributed by atoms with Crippen molar-refractivity contribution in [3.63, 3.8) is 0 Å². The summed E-state index contributed by atoms with van der Waals surface area (Å²) in [5, 5.41) is 5.37. The maximum absolute atomic E-state index is 12.8. The summed E-state index contributed by atoms with van der Waals surface area (Å²) in [5.74, 6) is -1.25. The van der Waals surface area contributed by atoms with Crippen molar-refractivity contribution in [2.45, 2.75) is 26.3 Å². The van der Waals surface area contributed by atoms with Gasteiger partial charge < -0.3 is 15.5 Å². The number of amides is 3. The van der Waals surface area contributed by atoms with Gasteiger partial charge in [-0.25, -0.2) is 4.39 Å². The minimum Gasteiger partial charge on any atom is -0.354 e. The molecule has 1 aliphatic rings. The maximum Gasteiger partial charge on any atom is 0.251 e. The normalized spacial score (nSPS) is 17.2. The lowest BCUT2D eigenvalue weighted by atomic mass is 10.1. The third-order valence-electron chi connectivity index (χ3n) is 3.97. The lowest BCUT2D eigenvalue weighted by Gasteiger charge is -2.20. The zero-order valence-corrected chi connectivity index (χ0v) is 13.8. The molecule has 24 heavy (non-hydrogen) atoms. The third-order valence-corrected chi connectivity index (χ3v) is 3.97. The molecule has 0 radical (unpaired) electrons. The smallest absolute Gasteiger partial charge is 0.251 e. The SMILES string of the molecule is CC(C)N1CC(C(=O)NCCNC(=O)c2ccc(F)cc2)CC1=O. The van der Waals surface area contributed by atoms with E-state index in [4.69, 9.17) is 0 Å². The number of likely N-dealkylation sites (tertiary alicyclic amines) is 1. The number of hydrogen-bond acceptors (Lipinski definition) is 3. The van der Waals surface area contributed by atoms with E-state index in [9.17, 15) is 18.8 Å². The molecule has 7 heteroatoms. The number of carbonyl (C=O) groups excluding carboxylic acids is 3. The molecule has 1 saturated heterocycles. The van der Waals surface area contributed by atoms with E-state index in [1.165, 1.54) is 24.3 Å². The summed E-state index contributed by atoms with van der Waals surface area (Å²) < 4.78 is 12.8. The van der Waals surface area contributed by atoms with Crippen molar-refractivity contribution >= 4 is 17.7 Å². The molecule has 130 valence electrons. The van der Waals surface area contributed by atoms with E-state index in [0.29, 0.717) is 12.1 Å². The number of halogens is 1. The maximum atomic E-state index is 12.8. The van der Waals surface area contributed by atoms with Crippen LogP contribution in [-0.4, -0.2) is 48.3 Å². The van der Waals surface area contributed by atoms with Crippen LogP contribution >= 0.6 is 0 Å². The Labute approximate surface area is 140 Å². The second-order valence-corrected chi connectivity index (χ2v) is 6.09. The average molecular weight is 335 g/mol. The molecule has 1 fully saturated rings. The van der Waals surface area contributed by atoms with Gasteiger partial charge in [-0.05, 0) is 38.1 Å². The topological polar surface area (TPSA) is 78.5 Å². The Morgan fingerprint density at radius 3 is 2.42 bits per heavy atom. The van der Waals surface area contributed by atoms with Crippen LogP contribution in [0.1, 0.15) is 30.6 Å². The fourth-order valence-corrected chi connectivity index (χ4v) is 2.62. The molecule has 3 amide bonds. The second kappa shape index (κ2) is 7.90. The van der Waals surface area contributed by atoms with Gasteiger partial charge in [-0.3, -0.25) is 14.4 Å². The van der Waals surface area contributed by atoms with Crippen LogP contribution in [0.25, 0.3) is 0 Å². The van der Waals surface area contributed by atoms with Crippen LogP contribution in [0.15, 0.2) is 24.3 Å². The number of hydrogen-bond donors (Lipinski definition) is 2. The lowest BCUT2D eigenvalue weighted by Crippen LogP contribution is -2.39. The molecule has 1 aromatic rings. The molecule has 0 aromatic heterocycles. The third kappa shape index (κ3) is 4.53. The zero-order chi connectivity index (χ0) is 17.7. The van der Waals surface area contributed by atoms with E-state index < -0.39 is 5.82 Å².